The Hall–Kier alpha value is -0.0900. The van der Waals surface area contributed by atoms with Crippen molar-refractivity contribution in [2.24, 2.45) is 0 Å². The molecule has 0 bridgehead atoms. The smallest absolute Gasteiger partial charge is 0.222 e. The molecule has 0 aliphatic carbocycles. The maximum Gasteiger partial charge on any atom is 0.222 e. The number of ether oxygens (including phenoxy) is 1. The molecule has 4 heteroatoms. The van der Waals surface area contributed by atoms with E-state index < -0.39 is 0 Å². The van der Waals surface area contributed by atoms with Crippen LogP contribution in [-0.2, 0) is 9.53 Å². The highest BCUT2D eigenvalue weighted by atomic mass is 79.9. The highest BCUT2D eigenvalue weighted by Crippen LogP contribution is 2.02. The van der Waals surface area contributed by atoms with Gasteiger partial charge in [-0.1, -0.05) is 15.9 Å². The quantitative estimate of drug-likeness (QED) is 0.497. The van der Waals surface area contributed by atoms with Crippen molar-refractivity contribution < 1.29 is 9.53 Å². The normalized spacial score (nSPS) is 10.2. The first-order valence-electron chi connectivity index (χ1n) is 5.01. The Morgan fingerprint density at radius 1 is 1.36 bits per heavy atom. The summed E-state index contributed by atoms with van der Waals surface area (Å²) in [6, 6.07) is 0. The van der Waals surface area contributed by atoms with E-state index in [0.717, 1.165) is 37.7 Å². The number of rotatable bonds is 8. The number of carbonyl (C=O) groups is 1. The van der Waals surface area contributed by atoms with Crippen molar-refractivity contribution in [1.29, 1.82) is 0 Å². The zero-order chi connectivity index (χ0) is 10.8. The van der Waals surface area contributed by atoms with Crippen molar-refractivity contribution in [3.05, 3.63) is 0 Å². The van der Waals surface area contributed by atoms with Crippen LogP contribution >= 0.6 is 15.9 Å². The van der Waals surface area contributed by atoms with Crippen molar-refractivity contribution in [1.82, 2.24) is 4.90 Å². The van der Waals surface area contributed by atoms with E-state index >= 15 is 0 Å². The highest BCUT2D eigenvalue weighted by molar-refractivity contribution is 9.09. The zero-order valence-corrected chi connectivity index (χ0v) is 10.7. The summed E-state index contributed by atoms with van der Waals surface area (Å²) in [7, 11) is 3.53. The molecular weight excluding hydrogens is 246 g/mol. The van der Waals surface area contributed by atoms with Gasteiger partial charge < -0.3 is 9.64 Å². The van der Waals surface area contributed by atoms with E-state index in [1.54, 1.807) is 12.0 Å². The van der Waals surface area contributed by atoms with Crippen LogP contribution < -0.4 is 0 Å². The lowest BCUT2D eigenvalue weighted by Crippen LogP contribution is -2.28. The molecule has 0 aliphatic rings. The second-order valence-electron chi connectivity index (χ2n) is 3.31. The van der Waals surface area contributed by atoms with Crippen LogP contribution in [0.4, 0.5) is 0 Å². The van der Waals surface area contributed by atoms with Crippen molar-refractivity contribution in [3.8, 4) is 0 Å². The Bertz CT molecular complexity index is 153. The molecule has 0 aromatic heterocycles. The van der Waals surface area contributed by atoms with Gasteiger partial charge in [-0.2, -0.15) is 0 Å². The molecule has 1 amide bonds. The van der Waals surface area contributed by atoms with Crippen LogP contribution in [0.25, 0.3) is 0 Å². The lowest BCUT2D eigenvalue weighted by Gasteiger charge is -2.16. The Balaban J connectivity index is 3.44. The second kappa shape index (κ2) is 9.46. The van der Waals surface area contributed by atoms with Gasteiger partial charge in [0.25, 0.3) is 0 Å². The molecule has 0 heterocycles. The topological polar surface area (TPSA) is 29.5 Å². The predicted molar refractivity (Wildman–Crippen MR) is 61.8 cm³/mol. The fourth-order valence-corrected chi connectivity index (χ4v) is 1.53. The van der Waals surface area contributed by atoms with E-state index in [9.17, 15) is 4.79 Å². The van der Waals surface area contributed by atoms with E-state index in [0.29, 0.717) is 6.42 Å². The molecule has 0 spiro atoms. The monoisotopic (exact) mass is 265 g/mol. The summed E-state index contributed by atoms with van der Waals surface area (Å²) >= 11 is 3.35. The first-order valence-corrected chi connectivity index (χ1v) is 6.13. The Morgan fingerprint density at radius 3 is 2.64 bits per heavy atom. The number of unbranched alkanes of at least 4 members (excludes halogenated alkanes) is 1. The van der Waals surface area contributed by atoms with Crippen LogP contribution in [0.3, 0.4) is 0 Å². The minimum Gasteiger partial charge on any atom is -0.385 e. The maximum atomic E-state index is 11.5. The average Bonchev–Trinajstić information content (AvgIpc) is 2.18. The Morgan fingerprint density at radius 2 is 2.07 bits per heavy atom. The van der Waals surface area contributed by atoms with Crippen LogP contribution in [0.15, 0.2) is 0 Å². The number of amides is 1. The SMILES string of the molecule is COCCCN(C)C(=O)CCCCBr. The number of nitrogens with zero attached hydrogens (tertiary/aromatic N) is 1. The first kappa shape index (κ1) is 13.9. The maximum absolute atomic E-state index is 11.5. The summed E-state index contributed by atoms with van der Waals surface area (Å²) < 4.78 is 4.93. The van der Waals surface area contributed by atoms with Crippen LogP contribution in [0.5, 0.6) is 0 Å². The highest BCUT2D eigenvalue weighted by Gasteiger charge is 2.06. The third-order valence-electron chi connectivity index (χ3n) is 2.04. The Kier molecular flexibility index (Phi) is 9.40. The number of methoxy groups -OCH3 is 1. The molecular formula is C10H20BrNO2. The van der Waals surface area contributed by atoms with Crippen molar-refractivity contribution in [2.75, 3.05) is 32.6 Å². The summed E-state index contributed by atoms with van der Waals surface area (Å²) in [5, 5.41) is 0.980. The van der Waals surface area contributed by atoms with Crippen LogP contribution in [0.2, 0.25) is 0 Å². The summed E-state index contributed by atoms with van der Waals surface area (Å²) in [5.41, 5.74) is 0. The summed E-state index contributed by atoms with van der Waals surface area (Å²) in [4.78, 5) is 13.3. The summed E-state index contributed by atoms with van der Waals surface area (Å²) in [5.74, 6) is 0.238. The van der Waals surface area contributed by atoms with E-state index in [2.05, 4.69) is 15.9 Å². The predicted octanol–water partition coefficient (Wildman–Crippen LogP) is 2.05. The molecule has 0 aliphatic heterocycles. The molecule has 14 heavy (non-hydrogen) atoms. The third-order valence-corrected chi connectivity index (χ3v) is 2.60. The van der Waals surface area contributed by atoms with Crippen LogP contribution in [-0.4, -0.2) is 43.4 Å². The van der Waals surface area contributed by atoms with Gasteiger partial charge in [0.05, 0.1) is 0 Å². The average molecular weight is 266 g/mol. The number of halogens is 1. The number of carbonyl (C=O) groups excluding carboxylic acids is 1. The standard InChI is InChI=1S/C10H20BrNO2/c1-12(8-5-9-14-2)10(13)6-3-4-7-11/h3-9H2,1-2H3. The van der Waals surface area contributed by atoms with Crippen LogP contribution in [0.1, 0.15) is 25.7 Å². The molecule has 0 rings (SSSR count). The van der Waals surface area contributed by atoms with Gasteiger partial charge >= 0.3 is 0 Å². The van der Waals surface area contributed by atoms with Gasteiger partial charge in [0.1, 0.15) is 0 Å². The van der Waals surface area contributed by atoms with E-state index in [4.69, 9.17) is 4.74 Å². The molecule has 84 valence electrons. The lowest BCUT2D eigenvalue weighted by atomic mass is 10.2. The van der Waals surface area contributed by atoms with Gasteiger partial charge in [-0.3, -0.25) is 4.79 Å². The summed E-state index contributed by atoms with van der Waals surface area (Å²) in [6.45, 7) is 1.51. The largest absolute Gasteiger partial charge is 0.385 e. The minimum atomic E-state index is 0.238. The van der Waals surface area contributed by atoms with Crippen molar-refractivity contribution in [3.63, 3.8) is 0 Å². The fraction of sp³-hybridized carbons (Fsp3) is 0.900. The number of hydrogen-bond acceptors (Lipinski definition) is 2. The molecule has 0 N–H and O–H groups in total. The molecule has 0 aromatic rings. The van der Waals surface area contributed by atoms with Gasteiger partial charge in [-0.25, -0.2) is 0 Å². The first-order chi connectivity index (χ1) is 6.72. The lowest BCUT2D eigenvalue weighted by molar-refractivity contribution is -0.130. The van der Waals surface area contributed by atoms with Gasteiger partial charge in [0.2, 0.25) is 5.91 Å². The third kappa shape index (κ3) is 7.33. The molecule has 0 saturated heterocycles. The number of alkyl halides is 1. The molecule has 0 fully saturated rings. The van der Waals surface area contributed by atoms with E-state index in [1.807, 2.05) is 7.05 Å². The van der Waals surface area contributed by atoms with Gasteiger partial charge in [0.15, 0.2) is 0 Å². The molecule has 0 aromatic carbocycles. The number of hydrogen-bond donors (Lipinski definition) is 0. The van der Waals surface area contributed by atoms with Crippen molar-refractivity contribution >= 4 is 21.8 Å². The fourth-order valence-electron chi connectivity index (χ4n) is 1.13. The molecule has 0 radical (unpaired) electrons. The summed E-state index contributed by atoms with van der Waals surface area (Å²) in [6.07, 6.45) is 3.61. The van der Waals surface area contributed by atoms with Gasteiger partial charge in [-0.15, -0.1) is 0 Å². The molecule has 0 atom stereocenters. The van der Waals surface area contributed by atoms with Crippen molar-refractivity contribution in [2.45, 2.75) is 25.7 Å². The van der Waals surface area contributed by atoms with Gasteiger partial charge in [-0.05, 0) is 19.3 Å². The van der Waals surface area contributed by atoms with E-state index in [1.165, 1.54) is 0 Å². The Labute approximate surface area is 94.9 Å². The molecule has 0 saturated carbocycles. The van der Waals surface area contributed by atoms with E-state index in [-0.39, 0.29) is 5.91 Å². The second-order valence-corrected chi connectivity index (χ2v) is 4.10. The van der Waals surface area contributed by atoms with Gasteiger partial charge in [0, 0.05) is 39.1 Å². The zero-order valence-electron chi connectivity index (χ0n) is 9.09. The molecule has 3 nitrogen and oxygen atoms in total. The minimum absolute atomic E-state index is 0.238. The van der Waals surface area contributed by atoms with Crippen LogP contribution in [0, 0.1) is 0 Å². The molecule has 0 unspecified atom stereocenters.